The van der Waals surface area contributed by atoms with Crippen molar-refractivity contribution in [3.8, 4) is 0 Å². The van der Waals surface area contributed by atoms with Gasteiger partial charge in [-0.1, -0.05) is 17.3 Å². The third-order valence-electron chi connectivity index (χ3n) is 2.98. The van der Waals surface area contributed by atoms with Crippen LogP contribution in [0.25, 0.3) is 0 Å². The van der Waals surface area contributed by atoms with Gasteiger partial charge in [-0.25, -0.2) is 4.79 Å². The zero-order valence-corrected chi connectivity index (χ0v) is 14.1. The van der Waals surface area contributed by atoms with Crippen molar-refractivity contribution in [2.45, 2.75) is 18.4 Å². The van der Waals surface area contributed by atoms with E-state index in [1.54, 1.807) is 45.3 Å². The maximum atomic E-state index is 12.2. The lowest BCUT2D eigenvalue weighted by Gasteiger charge is -2.11. The molecule has 0 aliphatic heterocycles. The molecule has 7 heteroatoms. The van der Waals surface area contributed by atoms with E-state index in [1.807, 2.05) is 6.07 Å². The van der Waals surface area contributed by atoms with Gasteiger partial charge < -0.3 is 14.2 Å². The molecule has 0 bridgehead atoms. The van der Waals surface area contributed by atoms with Gasteiger partial charge in [-0.3, -0.25) is 4.79 Å². The summed E-state index contributed by atoms with van der Waals surface area (Å²) in [6.45, 7) is 1.82. The fourth-order valence-corrected chi connectivity index (χ4v) is 2.75. The van der Waals surface area contributed by atoms with Crippen LogP contribution >= 0.6 is 11.8 Å². The molecule has 2 rings (SSSR count). The van der Waals surface area contributed by atoms with Crippen LogP contribution in [-0.4, -0.2) is 41.8 Å². The van der Waals surface area contributed by atoms with E-state index in [4.69, 9.17) is 9.26 Å². The van der Waals surface area contributed by atoms with Crippen molar-refractivity contribution in [2.75, 3.05) is 19.8 Å². The monoisotopic (exact) mass is 334 g/mol. The highest BCUT2D eigenvalue weighted by atomic mass is 32.2. The topological polar surface area (TPSA) is 72.6 Å². The molecule has 23 heavy (non-hydrogen) atoms. The molecule has 0 atom stereocenters. The highest BCUT2D eigenvalue weighted by Gasteiger charge is 2.15. The van der Waals surface area contributed by atoms with Crippen LogP contribution in [-0.2, 0) is 16.1 Å². The summed E-state index contributed by atoms with van der Waals surface area (Å²) in [5, 5.41) is 3.78. The first-order chi connectivity index (χ1) is 11.0. The Balaban J connectivity index is 2.00. The number of rotatable bonds is 6. The van der Waals surface area contributed by atoms with Gasteiger partial charge in [0.25, 0.3) is 0 Å². The highest BCUT2D eigenvalue weighted by molar-refractivity contribution is 8.00. The van der Waals surface area contributed by atoms with Crippen LogP contribution < -0.4 is 0 Å². The Bertz CT molecular complexity index is 697. The quantitative estimate of drug-likeness (QED) is 0.597. The SMILES string of the molecule is Cc1cc(COC(=O)c2ccccc2SCC(=O)N(C)C)no1. The van der Waals surface area contributed by atoms with Gasteiger partial charge in [0.1, 0.15) is 18.1 Å². The van der Waals surface area contributed by atoms with Gasteiger partial charge >= 0.3 is 5.97 Å². The highest BCUT2D eigenvalue weighted by Crippen LogP contribution is 2.23. The fourth-order valence-electron chi connectivity index (χ4n) is 1.73. The van der Waals surface area contributed by atoms with E-state index in [-0.39, 0.29) is 18.3 Å². The average Bonchev–Trinajstić information content (AvgIpc) is 2.96. The van der Waals surface area contributed by atoms with Crippen molar-refractivity contribution in [1.29, 1.82) is 0 Å². The molecule has 122 valence electrons. The summed E-state index contributed by atoms with van der Waals surface area (Å²) in [6, 6.07) is 8.77. The van der Waals surface area contributed by atoms with Gasteiger partial charge in [-0.05, 0) is 19.1 Å². The first kappa shape index (κ1) is 17.1. The molecule has 2 aromatic rings. The average molecular weight is 334 g/mol. The van der Waals surface area contributed by atoms with Crippen LogP contribution in [0.4, 0.5) is 0 Å². The van der Waals surface area contributed by atoms with Crippen LogP contribution in [0.3, 0.4) is 0 Å². The Morgan fingerprint density at radius 3 is 2.70 bits per heavy atom. The molecule has 6 nitrogen and oxygen atoms in total. The van der Waals surface area contributed by atoms with Gasteiger partial charge in [0, 0.05) is 25.1 Å². The Morgan fingerprint density at radius 1 is 1.30 bits per heavy atom. The van der Waals surface area contributed by atoms with Crippen LogP contribution in [0, 0.1) is 6.92 Å². The molecular formula is C16H18N2O4S. The molecule has 0 saturated heterocycles. The van der Waals surface area contributed by atoms with E-state index < -0.39 is 5.97 Å². The molecule has 0 aliphatic carbocycles. The second-order valence-electron chi connectivity index (χ2n) is 5.08. The summed E-state index contributed by atoms with van der Waals surface area (Å²) in [7, 11) is 3.39. The van der Waals surface area contributed by atoms with Gasteiger partial charge in [0.15, 0.2) is 0 Å². The van der Waals surface area contributed by atoms with E-state index in [0.717, 1.165) is 0 Å². The van der Waals surface area contributed by atoms with E-state index >= 15 is 0 Å². The first-order valence-electron chi connectivity index (χ1n) is 6.98. The standard InChI is InChI=1S/C16H18N2O4S/c1-11-8-12(17-22-11)9-21-16(20)13-6-4-5-7-14(13)23-10-15(19)18(2)3/h4-8H,9-10H2,1-3H3. The van der Waals surface area contributed by atoms with Crippen LogP contribution in [0.15, 0.2) is 39.8 Å². The number of carbonyl (C=O) groups is 2. The number of aromatic nitrogens is 1. The summed E-state index contributed by atoms with van der Waals surface area (Å²) < 4.78 is 10.2. The number of benzene rings is 1. The Hall–Kier alpha value is -2.28. The second kappa shape index (κ2) is 7.82. The van der Waals surface area contributed by atoms with Crippen molar-refractivity contribution in [1.82, 2.24) is 10.1 Å². The largest absolute Gasteiger partial charge is 0.455 e. The predicted octanol–water partition coefficient (Wildman–Crippen LogP) is 2.52. The number of thioether (sulfide) groups is 1. The molecule has 0 N–H and O–H groups in total. The van der Waals surface area contributed by atoms with Crippen molar-refractivity contribution >= 4 is 23.6 Å². The van der Waals surface area contributed by atoms with E-state index in [9.17, 15) is 9.59 Å². The Morgan fingerprint density at radius 2 is 2.04 bits per heavy atom. The Labute approximate surface area is 138 Å². The molecule has 0 radical (unpaired) electrons. The minimum Gasteiger partial charge on any atom is -0.455 e. The molecule has 1 heterocycles. The van der Waals surface area contributed by atoms with Gasteiger partial charge in [-0.15, -0.1) is 11.8 Å². The Kier molecular flexibility index (Phi) is 5.81. The minimum atomic E-state index is -0.453. The van der Waals surface area contributed by atoms with Gasteiger partial charge in [0.2, 0.25) is 5.91 Å². The maximum absolute atomic E-state index is 12.2. The first-order valence-corrected chi connectivity index (χ1v) is 7.97. The molecule has 0 saturated carbocycles. The van der Waals surface area contributed by atoms with Crippen molar-refractivity contribution < 1.29 is 18.8 Å². The third kappa shape index (κ3) is 4.85. The van der Waals surface area contributed by atoms with Gasteiger partial charge in [-0.2, -0.15) is 0 Å². The van der Waals surface area contributed by atoms with E-state index in [2.05, 4.69) is 5.16 Å². The van der Waals surface area contributed by atoms with Crippen LogP contribution in [0.5, 0.6) is 0 Å². The molecule has 0 spiro atoms. The lowest BCUT2D eigenvalue weighted by molar-refractivity contribution is -0.125. The van der Waals surface area contributed by atoms with E-state index in [0.29, 0.717) is 21.9 Å². The van der Waals surface area contributed by atoms with Crippen LogP contribution in [0.2, 0.25) is 0 Å². The minimum absolute atomic E-state index is 0.0174. The molecule has 1 aromatic heterocycles. The van der Waals surface area contributed by atoms with Gasteiger partial charge in [0.05, 0.1) is 11.3 Å². The number of hydrogen-bond acceptors (Lipinski definition) is 6. The van der Waals surface area contributed by atoms with Crippen molar-refractivity contribution in [2.24, 2.45) is 0 Å². The van der Waals surface area contributed by atoms with E-state index in [1.165, 1.54) is 16.7 Å². The second-order valence-corrected chi connectivity index (χ2v) is 6.10. The molecule has 0 fully saturated rings. The molecule has 0 aliphatic rings. The fraction of sp³-hybridized carbons (Fsp3) is 0.312. The summed E-state index contributed by atoms with van der Waals surface area (Å²) in [5.74, 6) is 0.455. The summed E-state index contributed by atoms with van der Waals surface area (Å²) in [4.78, 5) is 26.1. The summed E-state index contributed by atoms with van der Waals surface area (Å²) >= 11 is 1.31. The molecular weight excluding hydrogens is 316 g/mol. The molecule has 1 amide bonds. The number of carbonyl (C=O) groups excluding carboxylic acids is 2. The maximum Gasteiger partial charge on any atom is 0.339 e. The number of nitrogens with zero attached hydrogens (tertiary/aromatic N) is 2. The normalized spacial score (nSPS) is 10.4. The zero-order chi connectivity index (χ0) is 16.8. The lowest BCUT2D eigenvalue weighted by atomic mass is 10.2. The number of aryl methyl sites for hydroxylation is 1. The summed E-state index contributed by atoms with van der Waals surface area (Å²) in [5.41, 5.74) is 0.994. The smallest absolute Gasteiger partial charge is 0.339 e. The number of amides is 1. The number of ether oxygens (including phenoxy) is 1. The lowest BCUT2D eigenvalue weighted by Crippen LogP contribution is -2.23. The molecule has 0 unspecified atom stereocenters. The van der Waals surface area contributed by atoms with Crippen molar-refractivity contribution in [3.05, 3.63) is 47.3 Å². The summed E-state index contributed by atoms with van der Waals surface area (Å²) in [6.07, 6.45) is 0. The third-order valence-corrected chi connectivity index (χ3v) is 4.04. The zero-order valence-electron chi connectivity index (χ0n) is 13.2. The molecule has 1 aromatic carbocycles. The number of hydrogen-bond donors (Lipinski definition) is 0. The number of esters is 1. The van der Waals surface area contributed by atoms with Crippen LogP contribution in [0.1, 0.15) is 21.8 Å². The predicted molar refractivity (Wildman–Crippen MR) is 86.2 cm³/mol. The van der Waals surface area contributed by atoms with Crippen molar-refractivity contribution in [3.63, 3.8) is 0 Å².